The lowest BCUT2D eigenvalue weighted by Gasteiger charge is -2.19. The molecule has 0 aliphatic carbocycles. The van der Waals surface area contributed by atoms with E-state index in [9.17, 15) is 13.2 Å². The van der Waals surface area contributed by atoms with Crippen LogP contribution < -0.4 is 0 Å². The van der Waals surface area contributed by atoms with Crippen molar-refractivity contribution in [1.82, 2.24) is 0 Å². The smallest absolute Gasteiger partial charge is 0.396 e. The van der Waals surface area contributed by atoms with E-state index in [1.165, 1.54) is 6.92 Å². The normalized spacial score (nSPS) is 14.8. The summed E-state index contributed by atoms with van der Waals surface area (Å²) in [6, 6.07) is 0. The molecule has 0 aromatic heterocycles. The summed E-state index contributed by atoms with van der Waals surface area (Å²) in [6.45, 7) is 1.31. The van der Waals surface area contributed by atoms with Crippen molar-refractivity contribution in [1.29, 1.82) is 0 Å². The Bertz CT molecular complexity index is 114. The number of halogens is 3. The Balaban J connectivity index is 3.86. The van der Waals surface area contributed by atoms with Gasteiger partial charge in [0.25, 0.3) is 0 Å². The van der Waals surface area contributed by atoms with Crippen molar-refractivity contribution in [3.8, 4) is 0 Å². The Morgan fingerprint density at radius 2 is 2.00 bits per heavy atom. The molecule has 0 aromatic carbocycles. The Hall–Kier alpha value is -0.290. The van der Waals surface area contributed by atoms with E-state index in [1.54, 1.807) is 0 Å². The number of hydrogen-bond acceptors (Lipinski definition) is 2. The summed E-state index contributed by atoms with van der Waals surface area (Å²) >= 11 is 0. The standard InChI is InChI=1S/C7H13F3O2/c1-2-12-6(4-3-5-11)7(8,9)10/h6,11H,2-5H2,1H3. The van der Waals surface area contributed by atoms with Gasteiger partial charge in [0.2, 0.25) is 0 Å². The number of aliphatic hydroxyl groups is 1. The van der Waals surface area contributed by atoms with Gasteiger partial charge in [-0.15, -0.1) is 0 Å². The summed E-state index contributed by atoms with van der Waals surface area (Å²) in [5.41, 5.74) is 0. The fourth-order valence-corrected chi connectivity index (χ4v) is 0.819. The number of rotatable bonds is 5. The van der Waals surface area contributed by atoms with Crippen LogP contribution in [0.25, 0.3) is 0 Å². The third-order valence-corrected chi connectivity index (χ3v) is 1.36. The van der Waals surface area contributed by atoms with Gasteiger partial charge < -0.3 is 9.84 Å². The SMILES string of the molecule is CCOC(CCCO)C(F)(F)F. The molecule has 0 heterocycles. The predicted octanol–water partition coefficient (Wildman–Crippen LogP) is 1.73. The molecule has 0 saturated carbocycles. The van der Waals surface area contributed by atoms with Gasteiger partial charge >= 0.3 is 6.18 Å². The number of ether oxygens (including phenoxy) is 1. The van der Waals surface area contributed by atoms with Crippen molar-refractivity contribution in [2.75, 3.05) is 13.2 Å². The van der Waals surface area contributed by atoms with Gasteiger partial charge in [-0.05, 0) is 19.8 Å². The van der Waals surface area contributed by atoms with E-state index in [2.05, 4.69) is 4.74 Å². The lowest BCUT2D eigenvalue weighted by atomic mass is 10.2. The van der Waals surface area contributed by atoms with Crippen molar-refractivity contribution < 1.29 is 23.0 Å². The molecular formula is C7H13F3O2. The van der Waals surface area contributed by atoms with Crippen molar-refractivity contribution in [3.05, 3.63) is 0 Å². The van der Waals surface area contributed by atoms with Crippen LogP contribution in [0.1, 0.15) is 19.8 Å². The zero-order valence-electron chi connectivity index (χ0n) is 6.90. The molecule has 0 aromatic rings. The van der Waals surface area contributed by atoms with Crippen LogP contribution in [0.15, 0.2) is 0 Å². The first-order valence-corrected chi connectivity index (χ1v) is 3.81. The maximum Gasteiger partial charge on any atom is 0.414 e. The highest BCUT2D eigenvalue weighted by molar-refractivity contribution is 4.67. The highest BCUT2D eigenvalue weighted by Crippen LogP contribution is 2.25. The summed E-state index contributed by atoms with van der Waals surface area (Å²) in [5, 5.41) is 8.33. The molecule has 1 unspecified atom stereocenters. The first-order chi connectivity index (χ1) is 5.52. The molecule has 2 nitrogen and oxygen atoms in total. The first-order valence-electron chi connectivity index (χ1n) is 3.81. The molecule has 12 heavy (non-hydrogen) atoms. The molecular weight excluding hydrogens is 173 g/mol. The van der Waals surface area contributed by atoms with E-state index in [1.807, 2.05) is 0 Å². The molecule has 1 N–H and O–H groups in total. The molecule has 5 heteroatoms. The molecule has 0 saturated heterocycles. The van der Waals surface area contributed by atoms with E-state index in [0.717, 1.165) is 0 Å². The second kappa shape index (κ2) is 5.37. The molecule has 0 rings (SSSR count). The Kier molecular flexibility index (Phi) is 5.24. The maximum absolute atomic E-state index is 12.0. The minimum atomic E-state index is -4.31. The van der Waals surface area contributed by atoms with Gasteiger partial charge in [0, 0.05) is 13.2 Å². The van der Waals surface area contributed by atoms with Gasteiger partial charge in [0.1, 0.15) is 0 Å². The predicted molar refractivity (Wildman–Crippen MR) is 37.8 cm³/mol. The lowest BCUT2D eigenvalue weighted by molar-refractivity contribution is -0.221. The number of hydrogen-bond donors (Lipinski definition) is 1. The highest BCUT2D eigenvalue weighted by atomic mass is 19.4. The van der Waals surface area contributed by atoms with Gasteiger partial charge in [-0.3, -0.25) is 0 Å². The van der Waals surface area contributed by atoms with E-state index in [-0.39, 0.29) is 26.1 Å². The fourth-order valence-electron chi connectivity index (χ4n) is 0.819. The van der Waals surface area contributed by atoms with Crippen LogP contribution in [-0.2, 0) is 4.74 Å². The van der Waals surface area contributed by atoms with Crippen LogP contribution in [0.5, 0.6) is 0 Å². The molecule has 0 fully saturated rings. The maximum atomic E-state index is 12.0. The highest BCUT2D eigenvalue weighted by Gasteiger charge is 2.39. The average Bonchev–Trinajstić information content (AvgIpc) is 1.95. The van der Waals surface area contributed by atoms with Crippen molar-refractivity contribution in [2.45, 2.75) is 32.0 Å². The summed E-state index contributed by atoms with van der Waals surface area (Å²) in [7, 11) is 0. The van der Waals surface area contributed by atoms with E-state index < -0.39 is 12.3 Å². The third kappa shape index (κ3) is 4.56. The number of aliphatic hydroxyl groups excluding tert-OH is 1. The van der Waals surface area contributed by atoms with Crippen molar-refractivity contribution in [3.63, 3.8) is 0 Å². The Labute approximate surface area is 69.3 Å². The van der Waals surface area contributed by atoms with Crippen molar-refractivity contribution >= 4 is 0 Å². The molecule has 74 valence electrons. The van der Waals surface area contributed by atoms with Crippen LogP contribution in [0.3, 0.4) is 0 Å². The number of alkyl halides is 3. The lowest BCUT2D eigenvalue weighted by Crippen LogP contribution is -2.31. The Morgan fingerprint density at radius 1 is 1.42 bits per heavy atom. The quantitative estimate of drug-likeness (QED) is 0.708. The molecule has 0 aliphatic rings. The zero-order chi connectivity index (χ0) is 9.61. The van der Waals surface area contributed by atoms with Gasteiger partial charge in [0.05, 0.1) is 0 Å². The molecule has 0 aliphatic heterocycles. The van der Waals surface area contributed by atoms with Crippen LogP contribution >= 0.6 is 0 Å². The molecule has 0 radical (unpaired) electrons. The minimum absolute atomic E-state index is 0.0373. The van der Waals surface area contributed by atoms with Gasteiger partial charge in [-0.1, -0.05) is 0 Å². The molecule has 0 bridgehead atoms. The summed E-state index contributed by atoms with van der Waals surface area (Å²) in [6.07, 6.45) is -6.10. The minimum Gasteiger partial charge on any atom is -0.396 e. The largest absolute Gasteiger partial charge is 0.414 e. The van der Waals surface area contributed by atoms with Crippen molar-refractivity contribution in [2.24, 2.45) is 0 Å². The summed E-state index contributed by atoms with van der Waals surface area (Å²) in [4.78, 5) is 0. The average molecular weight is 186 g/mol. The second-order valence-corrected chi connectivity index (χ2v) is 2.35. The topological polar surface area (TPSA) is 29.5 Å². The van der Waals surface area contributed by atoms with Crippen LogP contribution in [-0.4, -0.2) is 30.6 Å². The second-order valence-electron chi connectivity index (χ2n) is 2.35. The van der Waals surface area contributed by atoms with E-state index >= 15 is 0 Å². The molecule has 0 spiro atoms. The van der Waals surface area contributed by atoms with E-state index in [0.29, 0.717) is 0 Å². The summed E-state index contributed by atoms with van der Waals surface area (Å²) < 4.78 is 40.5. The molecule has 1 atom stereocenters. The Morgan fingerprint density at radius 3 is 2.33 bits per heavy atom. The van der Waals surface area contributed by atoms with Crippen LogP contribution in [0.4, 0.5) is 13.2 Å². The summed E-state index contributed by atoms with van der Waals surface area (Å²) in [5.74, 6) is 0. The monoisotopic (exact) mass is 186 g/mol. The van der Waals surface area contributed by atoms with E-state index in [4.69, 9.17) is 5.11 Å². The van der Waals surface area contributed by atoms with Crippen LogP contribution in [0, 0.1) is 0 Å². The first kappa shape index (κ1) is 11.7. The van der Waals surface area contributed by atoms with Crippen LogP contribution in [0.2, 0.25) is 0 Å². The van der Waals surface area contributed by atoms with Gasteiger partial charge in [0.15, 0.2) is 6.10 Å². The van der Waals surface area contributed by atoms with Gasteiger partial charge in [-0.2, -0.15) is 13.2 Å². The zero-order valence-corrected chi connectivity index (χ0v) is 6.90. The van der Waals surface area contributed by atoms with Gasteiger partial charge in [-0.25, -0.2) is 0 Å². The molecule has 0 amide bonds. The third-order valence-electron chi connectivity index (χ3n) is 1.36. The fraction of sp³-hybridized carbons (Fsp3) is 1.00.